The van der Waals surface area contributed by atoms with Crippen LogP contribution in [0.2, 0.25) is 0 Å². The van der Waals surface area contributed by atoms with E-state index in [1.807, 2.05) is 92.6 Å². The van der Waals surface area contributed by atoms with E-state index in [0.29, 0.717) is 13.0 Å². The van der Waals surface area contributed by atoms with Gasteiger partial charge in [0, 0.05) is 31.6 Å². The molecule has 42 heavy (non-hydrogen) atoms. The lowest BCUT2D eigenvalue weighted by atomic mass is 9.76. The molecule has 0 aliphatic rings. The highest BCUT2D eigenvalue weighted by Gasteiger charge is 2.42. The van der Waals surface area contributed by atoms with E-state index in [1.54, 1.807) is 30.8 Å². The van der Waals surface area contributed by atoms with Gasteiger partial charge in [0.05, 0.1) is 18.1 Å². The number of nitrogens with zero attached hydrogens (tertiary/aromatic N) is 2. The zero-order valence-corrected chi connectivity index (χ0v) is 28.6. The summed E-state index contributed by atoms with van der Waals surface area (Å²) < 4.78 is 5.74. The largest absolute Gasteiger partial charge is 0.478 e. The second-order valence-corrected chi connectivity index (χ2v) is 14.3. The summed E-state index contributed by atoms with van der Waals surface area (Å²) in [4.78, 5) is 42.8. The van der Waals surface area contributed by atoms with Gasteiger partial charge in [-0.15, -0.1) is 0 Å². The smallest absolute Gasteiger partial charge is 0.410 e. The number of nitrogens with one attached hydrogen (secondary N) is 1. The van der Waals surface area contributed by atoms with Gasteiger partial charge in [0.2, 0.25) is 5.91 Å². The van der Waals surface area contributed by atoms with Crippen LogP contribution in [0, 0.1) is 11.3 Å². The molecule has 1 aromatic carbocycles. The van der Waals surface area contributed by atoms with Crippen LogP contribution in [0.1, 0.15) is 95.1 Å². The van der Waals surface area contributed by atoms with Crippen molar-refractivity contribution >= 4 is 18.0 Å². The molecule has 0 saturated heterocycles. The molecule has 0 bridgehead atoms. The minimum absolute atomic E-state index is 0.00637. The molecular formula is C34H57N3O5. The zero-order valence-electron chi connectivity index (χ0n) is 28.6. The number of carboxylic acids is 1. The number of benzene rings is 1. The Labute approximate surface area is 254 Å². The van der Waals surface area contributed by atoms with Gasteiger partial charge >= 0.3 is 12.1 Å². The average molecular weight is 588 g/mol. The lowest BCUT2D eigenvalue weighted by molar-refractivity contribution is -0.138. The van der Waals surface area contributed by atoms with Crippen molar-refractivity contribution in [1.82, 2.24) is 15.1 Å². The second-order valence-electron chi connectivity index (χ2n) is 14.3. The number of carbonyl (C=O) groups excluding carboxylic acids is 2. The minimum Gasteiger partial charge on any atom is -0.478 e. The summed E-state index contributed by atoms with van der Waals surface area (Å²) in [6, 6.07) is 8.69. The van der Waals surface area contributed by atoms with Crippen LogP contribution in [0.25, 0.3) is 0 Å². The van der Waals surface area contributed by atoms with E-state index in [-0.39, 0.29) is 29.5 Å². The van der Waals surface area contributed by atoms with Crippen molar-refractivity contribution in [1.29, 1.82) is 0 Å². The fraction of sp³-hybridized carbons (Fsp3) is 0.676. The Hall–Kier alpha value is -2.87. The SMILES string of the molecule is CCC(=C(C)C(=O)O)[C@H](C(C)C)N(C)C(=O)[C@@H](NC[C@@H](N(C)C(=O)OC(C)(C)C)C(C)(C)c1ccccc1)C(C)(C)C. The molecule has 0 spiro atoms. The Morgan fingerprint density at radius 3 is 1.86 bits per heavy atom. The summed E-state index contributed by atoms with van der Waals surface area (Å²) in [5.74, 6) is -1.09. The molecule has 8 heteroatoms. The molecule has 3 atom stereocenters. The molecule has 0 fully saturated rings. The number of hydrogen-bond donors (Lipinski definition) is 2. The summed E-state index contributed by atoms with van der Waals surface area (Å²) in [6.45, 7) is 23.6. The molecule has 1 rings (SSSR count). The predicted octanol–water partition coefficient (Wildman–Crippen LogP) is 6.50. The number of rotatable bonds is 12. The topological polar surface area (TPSA) is 99.2 Å². The summed E-state index contributed by atoms with van der Waals surface area (Å²) >= 11 is 0. The first-order chi connectivity index (χ1) is 19.1. The Balaban J connectivity index is 3.55. The van der Waals surface area contributed by atoms with Crippen molar-refractivity contribution in [3.8, 4) is 0 Å². The number of hydrogen-bond acceptors (Lipinski definition) is 5. The molecule has 2 N–H and O–H groups in total. The molecule has 0 radical (unpaired) electrons. The lowest BCUT2D eigenvalue weighted by Gasteiger charge is -2.44. The number of carboxylic acid groups (broad SMARTS) is 1. The molecule has 0 unspecified atom stereocenters. The summed E-state index contributed by atoms with van der Waals surface area (Å²) in [6.07, 6.45) is 0.0936. The van der Waals surface area contributed by atoms with Crippen LogP contribution in [0.15, 0.2) is 41.5 Å². The molecule has 0 heterocycles. The first kappa shape index (κ1) is 37.2. The molecule has 0 aliphatic carbocycles. The van der Waals surface area contributed by atoms with Crippen molar-refractivity contribution < 1.29 is 24.2 Å². The number of aliphatic carboxylic acids is 1. The van der Waals surface area contributed by atoms with E-state index >= 15 is 0 Å². The van der Waals surface area contributed by atoms with Crippen molar-refractivity contribution in [2.24, 2.45) is 11.3 Å². The quantitative estimate of drug-likeness (QED) is 0.271. The second kappa shape index (κ2) is 14.5. The fourth-order valence-electron chi connectivity index (χ4n) is 5.65. The van der Waals surface area contributed by atoms with Gasteiger partial charge in [-0.25, -0.2) is 9.59 Å². The van der Waals surface area contributed by atoms with E-state index in [1.165, 1.54) is 0 Å². The molecule has 2 amide bonds. The third-order valence-electron chi connectivity index (χ3n) is 8.06. The number of carbonyl (C=O) groups is 3. The Morgan fingerprint density at radius 2 is 1.45 bits per heavy atom. The van der Waals surface area contributed by atoms with Crippen LogP contribution in [-0.4, -0.2) is 77.2 Å². The summed E-state index contributed by atoms with van der Waals surface area (Å²) in [7, 11) is 3.50. The van der Waals surface area contributed by atoms with Gasteiger partial charge in [-0.3, -0.25) is 4.79 Å². The maximum absolute atomic E-state index is 14.3. The van der Waals surface area contributed by atoms with E-state index in [0.717, 1.165) is 11.1 Å². The van der Waals surface area contributed by atoms with Crippen molar-refractivity contribution in [3.63, 3.8) is 0 Å². The molecule has 1 aromatic rings. The van der Waals surface area contributed by atoms with Crippen molar-refractivity contribution in [2.45, 2.75) is 119 Å². The maximum atomic E-state index is 14.3. The van der Waals surface area contributed by atoms with Crippen LogP contribution in [-0.2, 0) is 19.7 Å². The van der Waals surface area contributed by atoms with E-state index in [9.17, 15) is 19.5 Å². The van der Waals surface area contributed by atoms with Crippen LogP contribution in [0.4, 0.5) is 4.79 Å². The Morgan fingerprint density at radius 1 is 0.929 bits per heavy atom. The van der Waals surface area contributed by atoms with Crippen LogP contribution >= 0.6 is 0 Å². The van der Waals surface area contributed by atoms with Crippen LogP contribution in [0.5, 0.6) is 0 Å². The summed E-state index contributed by atoms with van der Waals surface area (Å²) in [5, 5.41) is 13.3. The normalized spacial score (nSPS) is 15.4. The van der Waals surface area contributed by atoms with Gasteiger partial charge in [-0.1, -0.05) is 85.7 Å². The first-order valence-electron chi connectivity index (χ1n) is 15.0. The molecule has 0 aliphatic heterocycles. The minimum atomic E-state index is -0.972. The van der Waals surface area contributed by atoms with E-state index < -0.39 is 34.5 Å². The monoisotopic (exact) mass is 587 g/mol. The first-order valence-corrected chi connectivity index (χ1v) is 15.0. The van der Waals surface area contributed by atoms with E-state index in [4.69, 9.17) is 4.74 Å². The standard InChI is InChI=1S/C34H57N3O5/c1-15-25(23(4)30(39)40)27(22(2)3)37(14)29(38)28(32(5,6)7)35-21-26(36(13)31(41)42-33(8,9)10)34(11,12)24-19-17-16-18-20-24/h16-20,22,26-28,35H,15,21H2,1-14H3,(H,39,40)/t26-,27+,28-/m1/s1. The van der Waals surface area contributed by atoms with Gasteiger partial charge in [0.25, 0.3) is 0 Å². The highest BCUT2D eigenvalue weighted by molar-refractivity contribution is 5.88. The maximum Gasteiger partial charge on any atom is 0.410 e. The van der Waals surface area contributed by atoms with Gasteiger partial charge in [0.15, 0.2) is 0 Å². The van der Waals surface area contributed by atoms with Gasteiger partial charge < -0.3 is 25.0 Å². The van der Waals surface area contributed by atoms with Crippen LogP contribution in [0.3, 0.4) is 0 Å². The number of likely N-dealkylation sites (N-methyl/N-ethyl adjacent to an activating group) is 2. The summed E-state index contributed by atoms with van der Waals surface area (Å²) in [5.41, 5.74) is 0.459. The Kier molecular flexibility index (Phi) is 12.9. The predicted molar refractivity (Wildman–Crippen MR) is 171 cm³/mol. The molecule has 0 aromatic heterocycles. The fourth-order valence-corrected chi connectivity index (χ4v) is 5.65. The third kappa shape index (κ3) is 9.58. The Bertz CT molecular complexity index is 1100. The van der Waals surface area contributed by atoms with Crippen molar-refractivity contribution in [2.75, 3.05) is 20.6 Å². The van der Waals surface area contributed by atoms with Gasteiger partial charge in [-0.2, -0.15) is 0 Å². The zero-order chi connectivity index (χ0) is 32.8. The van der Waals surface area contributed by atoms with Gasteiger partial charge in [0.1, 0.15) is 5.60 Å². The third-order valence-corrected chi connectivity index (χ3v) is 8.06. The number of amides is 2. The molecule has 8 nitrogen and oxygen atoms in total. The highest BCUT2D eigenvalue weighted by Crippen LogP contribution is 2.32. The molecular weight excluding hydrogens is 530 g/mol. The molecule has 238 valence electrons. The van der Waals surface area contributed by atoms with Crippen LogP contribution < -0.4 is 5.32 Å². The van der Waals surface area contributed by atoms with E-state index in [2.05, 4.69) is 19.2 Å². The molecule has 0 saturated carbocycles. The van der Waals surface area contributed by atoms with Crippen molar-refractivity contribution in [3.05, 3.63) is 47.0 Å². The lowest BCUT2D eigenvalue weighted by Crippen LogP contribution is -2.60. The van der Waals surface area contributed by atoms with Gasteiger partial charge in [-0.05, 0) is 56.6 Å². The average Bonchev–Trinajstić information content (AvgIpc) is 2.86. The number of ether oxygens (including phenoxy) is 1. The highest BCUT2D eigenvalue weighted by atomic mass is 16.6.